The van der Waals surface area contributed by atoms with E-state index in [0.29, 0.717) is 11.6 Å². The highest BCUT2D eigenvalue weighted by Gasteiger charge is 2.30. The summed E-state index contributed by atoms with van der Waals surface area (Å²) in [6.07, 6.45) is -2.96. The molecule has 26 heavy (non-hydrogen) atoms. The van der Waals surface area contributed by atoms with Crippen LogP contribution in [0.3, 0.4) is 0 Å². The molecule has 9 heteroatoms. The van der Waals surface area contributed by atoms with Crippen molar-refractivity contribution in [3.8, 4) is 16.5 Å². The van der Waals surface area contributed by atoms with Gasteiger partial charge in [-0.05, 0) is 35.7 Å². The van der Waals surface area contributed by atoms with Crippen LogP contribution in [-0.4, -0.2) is 17.5 Å². The van der Waals surface area contributed by atoms with Gasteiger partial charge >= 0.3 is 6.18 Å². The number of nitrogens with one attached hydrogen (secondary N) is 1. The molecule has 0 aliphatic carbocycles. The van der Waals surface area contributed by atoms with Gasteiger partial charge in [-0.2, -0.15) is 13.2 Å². The zero-order valence-corrected chi connectivity index (χ0v) is 14.1. The minimum Gasteiger partial charge on any atom is -0.484 e. The molecule has 0 radical (unpaired) electrons. The number of hydrogen-bond acceptors (Lipinski definition) is 5. The third-order valence-electron chi connectivity index (χ3n) is 3.30. The summed E-state index contributed by atoms with van der Waals surface area (Å²) in [5.74, 6) is 0.227. The number of hydrogen-bond donors (Lipinski definition) is 1. The highest BCUT2D eigenvalue weighted by atomic mass is 32.1. The van der Waals surface area contributed by atoms with E-state index in [0.717, 1.165) is 17.0 Å². The van der Waals surface area contributed by atoms with Crippen molar-refractivity contribution in [2.24, 2.45) is 0 Å². The molecule has 0 unspecified atom stereocenters. The van der Waals surface area contributed by atoms with Crippen molar-refractivity contribution in [2.45, 2.75) is 12.7 Å². The molecule has 5 nitrogen and oxygen atoms in total. The van der Waals surface area contributed by atoms with Crippen LogP contribution in [0, 0.1) is 0 Å². The number of nitrogens with zero attached hydrogens (tertiary/aromatic N) is 1. The Kier molecular flexibility index (Phi) is 5.27. The summed E-state index contributed by atoms with van der Waals surface area (Å²) >= 11 is 1.49. The number of halogens is 3. The zero-order chi connectivity index (χ0) is 18.6. The van der Waals surface area contributed by atoms with Crippen LogP contribution in [0.2, 0.25) is 0 Å². The first-order valence-corrected chi connectivity index (χ1v) is 8.35. The molecule has 3 aromatic rings. The van der Waals surface area contributed by atoms with Crippen molar-refractivity contribution in [3.05, 3.63) is 59.3 Å². The monoisotopic (exact) mass is 382 g/mol. The number of rotatable bonds is 6. The van der Waals surface area contributed by atoms with Gasteiger partial charge in [-0.1, -0.05) is 6.07 Å². The van der Waals surface area contributed by atoms with E-state index in [1.807, 2.05) is 17.5 Å². The SMILES string of the molecule is O=C(COc1ccc(C(F)(F)F)cc1)NCc1coc(-c2cccs2)n1. The molecule has 1 N–H and O–H groups in total. The maximum Gasteiger partial charge on any atom is 0.416 e. The van der Waals surface area contributed by atoms with E-state index >= 15 is 0 Å². The lowest BCUT2D eigenvalue weighted by Gasteiger charge is -2.09. The van der Waals surface area contributed by atoms with Gasteiger partial charge in [-0.15, -0.1) is 11.3 Å². The lowest BCUT2D eigenvalue weighted by molar-refractivity contribution is -0.137. The second-order valence-corrected chi connectivity index (χ2v) is 6.16. The number of thiophene rings is 1. The Hall–Kier alpha value is -2.81. The lowest BCUT2D eigenvalue weighted by atomic mass is 10.2. The fourth-order valence-electron chi connectivity index (χ4n) is 2.03. The average molecular weight is 382 g/mol. The maximum absolute atomic E-state index is 12.5. The Morgan fingerprint density at radius 3 is 2.65 bits per heavy atom. The van der Waals surface area contributed by atoms with E-state index in [1.165, 1.54) is 29.7 Å². The smallest absolute Gasteiger partial charge is 0.416 e. The highest BCUT2D eigenvalue weighted by Crippen LogP contribution is 2.30. The van der Waals surface area contributed by atoms with Gasteiger partial charge in [0, 0.05) is 0 Å². The van der Waals surface area contributed by atoms with E-state index < -0.39 is 17.6 Å². The van der Waals surface area contributed by atoms with Gasteiger partial charge in [-0.25, -0.2) is 4.98 Å². The molecule has 2 heterocycles. The molecule has 0 saturated heterocycles. The molecule has 3 rings (SSSR count). The molecule has 0 fully saturated rings. The Morgan fingerprint density at radius 2 is 2.00 bits per heavy atom. The van der Waals surface area contributed by atoms with Crippen molar-refractivity contribution in [3.63, 3.8) is 0 Å². The van der Waals surface area contributed by atoms with Gasteiger partial charge in [0.1, 0.15) is 12.0 Å². The molecule has 0 atom stereocenters. The summed E-state index contributed by atoms with van der Waals surface area (Å²) in [5, 5.41) is 4.50. The Morgan fingerprint density at radius 1 is 1.23 bits per heavy atom. The van der Waals surface area contributed by atoms with Gasteiger partial charge in [-0.3, -0.25) is 4.79 Å². The third kappa shape index (κ3) is 4.63. The summed E-state index contributed by atoms with van der Waals surface area (Å²) in [4.78, 5) is 16.9. The van der Waals surface area contributed by atoms with Crippen LogP contribution < -0.4 is 10.1 Å². The largest absolute Gasteiger partial charge is 0.484 e. The van der Waals surface area contributed by atoms with E-state index in [2.05, 4.69) is 10.3 Å². The summed E-state index contributed by atoms with van der Waals surface area (Å²) in [7, 11) is 0. The number of aromatic nitrogens is 1. The van der Waals surface area contributed by atoms with Crippen LogP contribution in [0.4, 0.5) is 13.2 Å². The number of amides is 1. The first-order valence-electron chi connectivity index (χ1n) is 7.47. The first-order chi connectivity index (χ1) is 12.4. The van der Waals surface area contributed by atoms with Crippen molar-refractivity contribution < 1.29 is 27.1 Å². The predicted octanol–water partition coefficient (Wildman–Crippen LogP) is 4.12. The molecule has 0 bridgehead atoms. The molecule has 2 aromatic heterocycles. The second kappa shape index (κ2) is 7.61. The Bertz CT molecular complexity index is 858. The van der Waals surface area contributed by atoms with Crippen molar-refractivity contribution >= 4 is 17.2 Å². The molecular weight excluding hydrogens is 369 g/mol. The summed E-state index contributed by atoms with van der Waals surface area (Å²) in [6.45, 7) is -0.162. The van der Waals surface area contributed by atoms with Crippen LogP contribution in [-0.2, 0) is 17.5 Å². The summed E-state index contributed by atoms with van der Waals surface area (Å²) in [5.41, 5.74) is -0.224. The highest BCUT2D eigenvalue weighted by molar-refractivity contribution is 7.13. The van der Waals surface area contributed by atoms with Crippen LogP contribution in [0.5, 0.6) is 5.75 Å². The number of ether oxygens (including phenoxy) is 1. The van der Waals surface area contributed by atoms with Crippen LogP contribution in [0.15, 0.2) is 52.5 Å². The Labute approximate surface area is 150 Å². The van der Waals surface area contributed by atoms with Gasteiger partial charge < -0.3 is 14.5 Å². The maximum atomic E-state index is 12.5. The van der Waals surface area contributed by atoms with Crippen LogP contribution in [0.1, 0.15) is 11.3 Å². The minimum atomic E-state index is -4.41. The molecular formula is C17H13F3N2O3S. The quantitative estimate of drug-likeness (QED) is 0.697. The molecule has 0 aliphatic rings. The molecule has 1 amide bonds. The minimum absolute atomic E-state index is 0.157. The van der Waals surface area contributed by atoms with Crippen LogP contribution >= 0.6 is 11.3 Å². The molecule has 0 aliphatic heterocycles. The Balaban J connectivity index is 1.46. The molecule has 0 spiro atoms. The van der Waals surface area contributed by atoms with Crippen LogP contribution in [0.25, 0.3) is 10.8 Å². The third-order valence-corrected chi connectivity index (χ3v) is 4.16. The van der Waals surface area contributed by atoms with Crippen molar-refractivity contribution in [2.75, 3.05) is 6.61 Å². The van der Waals surface area contributed by atoms with E-state index in [1.54, 1.807) is 0 Å². The fraction of sp³-hybridized carbons (Fsp3) is 0.176. The van der Waals surface area contributed by atoms with Gasteiger partial charge in [0.15, 0.2) is 6.61 Å². The number of benzene rings is 1. The summed E-state index contributed by atoms with van der Waals surface area (Å²) < 4.78 is 47.9. The second-order valence-electron chi connectivity index (χ2n) is 5.21. The number of carbonyl (C=O) groups is 1. The van der Waals surface area contributed by atoms with Gasteiger partial charge in [0.05, 0.1) is 22.7 Å². The number of alkyl halides is 3. The summed E-state index contributed by atoms with van der Waals surface area (Å²) in [6, 6.07) is 7.88. The van der Waals surface area contributed by atoms with Crippen molar-refractivity contribution in [1.29, 1.82) is 0 Å². The molecule has 0 saturated carbocycles. The number of carbonyl (C=O) groups excluding carboxylic acids is 1. The first kappa shape index (κ1) is 18.0. The standard InChI is InChI=1S/C17H13F3N2O3S/c18-17(19,20)11-3-5-13(6-4-11)24-10-15(23)21-8-12-9-25-16(22-12)14-2-1-7-26-14/h1-7,9H,8,10H2,(H,21,23). The van der Waals surface area contributed by atoms with Gasteiger partial charge in [0.2, 0.25) is 5.89 Å². The van der Waals surface area contributed by atoms with E-state index in [4.69, 9.17) is 9.15 Å². The predicted molar refractivity (Wildman–Crippen MR) is 88.6 cm³/mol. The molecule has 136 valence electrons. The van der Waals surface area contributed by atoms with E-state index in [9.17, 15) is 18.0 Å². The zero-order valence-electron chi connectivity index (χ0n) is 13.2. The lowest BCUT2D eigenvalue weighted by Crippen LogP contribution is -2.28. The molecule has 1 aromatic carbocycles. The normalized spacial score (nSPS) is 11.3. The topological polar surface area (TPSA) is 64.4 Å². The number of oxazole rings is 1. The van der Waals surface area contributed by atoms with Crippen molar-refractivity contribution in [1.82, 2.24) is 10.3 Å². The fourth-order valence-corrected chi connectivity index (χ4v) is 2.69. The average Bonchev–Trinajstić information content (AvgIpc) is 3.29. The van der Waals surface area contributed by atoms with Gasteiger partial charge in [0.25, 0.3) is 5.91 Å². The van der Waals surface area contributed by atoms with E-state index in [-0.39, 0.29) is 18.9 Å².